The molecule has 0 aliphatic heterocycles. The summed E-state index contributed by atoms with van der Waals surface area (Å²) in [5.41, 5.74) is 0.187. The highest BCUT2D eigenvalue weighted by Crippen LogP contribution is 2.31. The van der Waals surface area contributed by atoms with Gasteiger partial charge in [0.2, 0.25) is 0 Å². The molecule has 0 bridgehead atoms. The normalized spacial score (nSPS) is 12.8. The molecule has 1 heterocycles. The summed E-state index contributed by atoms with van der Waals surface area (Å²) in [4.78, 5) is 19.3. The number of alkyl halides is 6. The van der Waals surface area contributed by atoms with Gasteiger partial charge in [0.25, 0.3) is 0 Å². The first-order chi connectivity index (χ1) is 15.0. The fourth-order valence-corrected chi connectivity index (χ4v) is 2.73. The number of hydrogen-bond donors (Lipinski definition) is 1. The van der Waals surface area contributed by atoms with Gasteiger partial charge in [-0.25, -0.2) is 14.8 Å². The highest BCUT2D eigenvalue weighted by molar-refractivity contribution is 5.76. The standard InChI is InChI=1S/C21H15F6N3O2/c22-20(23,24)15-8-6-13(7-9-15)16-10-18(30-12-29-16)28-11-17(14-4-2-1-3-5-14)32-19(31)21(25,26)27/h1-10,12,17H,11H2,(H,28,29,30). The smallest absolute Gasteiger partial charge is 0.449 e. The number of benzene rings is 2. The Morgan fingerprint density at radius 3 is 2.19 bits per heavy atom. The Morgan fingerprint density at radius 1 is 0.938 bits per heavy atom. The first kappa shape index (κ1) is 23.0. The lowest BCUT2D eigenvalue weighted by Gasteiger charge is -2.20. The Bertz CT molecular complexity index is 1050. The summed E-state index contributed by atoms with van der Waals surface area (Å²) in [5, 5.41) is 2.77. The Balaban J connectivity index is 1.76. The number of hydrogen-bond acceptors (Lipinski definition) is 5. The molecule has 5 nitrogen and oxygen atoms in total. The maximum atomic E-state index is 12.7. The largest absolute Gasteiger partial charge is 0.490 e. The van der Waals surface area contributed by atoms with Crippen LogP contribution in [-0.2, 0) is 15.7 Å². The molecule has 3 aromatic rings. The van der Waals surface area contributed by atoms with E-state index < -0.39 is 30.0 Å². The average molecular weight is 455 g/mol. The molecule has 3 rings (SSSR count). The molecule has 0 aliphatic rings. The van der Waals surface area contributed by atoms with Crippen LogP contribution in [-0.4, -0.2) is 28.7 Å². The third-order valence-electron chi connectivity index (χ3n) is 4.30. The number of carbonyl (C=O) groups is 1. The molecule has 2 aromatic carbocycles. The summed E-state index contributed by atoms with van der Waals surface area (Å²) in [6.07, 6.45) is -9.75. The van der Waals surface area contributed by atoms with Gasteiger partial charge in [-0.1, -0.05) is 42.5 Å². The molecule has 0 saturated carbocycles. The molecule has 168 valence electrons. The van der Waals surface area contributed by atoms with E-state index in [9.17, 15) is 31.1 Å². The van der Waals surface area contributed by atoms with Crippen LogP contribution >= 0.6 is 0 Å². The van der Waals surface area contributed by atoms with Gasteiger partial charge in [-0.3, -0.25) is 0 Å². The van der Waals surface area contributed by atoms with Gasteiger partial charge >= 0.3 is 18.3 Å². The molecule has 1 unspecified atom stereocenters. The Kier molecular flexibility index (Phi) is 6.66. The fraction of sp³-hybridized carbons (Fsp3) is 0.190. The zero-order valence-corrected chi connectivity index (χ0v) is 16.1. The summed E-state index contributed by atoms with van der Waals surface area (Å²) < 4.78 is 80.7. The molecule has 0 saturated heterocycles. The summed E-state index contributed by atoms with van der Waals surface area (Å²) in [6.45, 7) is -0.241. The van der Waals surface area contributed by atoms with Crippen molar-refractivity contribution in [3.05, 3.63) is 78.1 Å². The van der Waals surface area contributed by atoms with Crippen LogP contribution in [0.15, 0.2) is 67.0 Å². The van der Waals surface area contributed by atoms with E-state index in [4.69, 9.17) is 0 Å². The van der Waals surface area contributed by atoms with Crippen molar-refractivity contribution in [2.45, 2.75) is 18.5 Å². The SMILES string of the molecule is O=C(OC(CNc1cc(-c2ccc(C(F)(F)F)cc2)ncn1)c1ccccc1)C(F)(F)F. The van der Waals surface area contributed by atoms with Crippen molar-refractivity contribution in [2.75, 3.05) is 11.9 Å². The van der Waals surface area contributed by atoms with E-state index in [1.807, 2.05) is 0 Å². The topological polar surface area (TPSA) is 64.1 Å². The van der Waals surface area contributed by atoms with Crippen molar-refractivity contribution in [3.63, 3.8) is 0 Å². The molecule has 0 spiro atoms. The molecule has 32 heavy (non-hydrogen) atoms. The van der Waals surface area contributed by atoms with Crippen molar-refractivity contribution in [3.8, 4) is 11.3 Å². The number of carbonyl (C=O) groups excluding carboxylic acids is 1. The number of nitrogens with one attached hydrogen (secondary N) is 1. The Morgan fingerprint density at radius 2 is 1.59 bits per heavy atom. The van der Waals surface area contributed by atoms with Gasteiger partial charge in [0.1, 0.15) is 18.2 Å². The second-order valence-electron chi connectivity index (χ2n) is 6.55. The minimum atomic E-state index is -5.16. The van der Waals surface area contributed by atoms with E-state index >= 15 is 0 Å². The quantitative estimate of drug-likeness (QED) is 0.397. The number of aromatic nitrogens is 2. The van der Waals surface area contributed by atoms with E-state index in [-0.39, 0.29) is 12.4 Å². The number of anilines is 1. The van der Waals surface area contributed by atoms with Crippen LogP contribution in [0.25, 0.3) is 11.3 Å². The monoisotopic (exact) mass is 455 g/mol. The molecular weight excluding hydrogens is 440 g/mol. The van der Waals surface area contributed by atoms with Crippen molar-refractivity contribution in [2.24, 2.45) is 0 Å². The molecule has 1 atom stereocenters. The third-order valence-corrected chi connectivity index (χ3v) is 4.30. The summed E-state index contributed by atoms with van der Waals surface area (Å²) >= 11 is 0. The Labute approximate surface area is 178 Å². The number of nitrogens with zero attached hydrogens (tertiary/aromatic N) is 2. The maximum absolute atomic E-state index is 12.7. The van der Waals surface area contributed by atoms with Crippen molar-refractivity contribution < 1.29 is 35.9 Å². The molecule has 1 aromatic heterocycles. The van der Waals surface area contributed by atoms with Crippen LogP contribution in [0.4, 0.5) is 32.2 Å². The number of ether oxygens (including phenoxy) is 1. The van der Waals surface area contributed by atoms with E-state index in [0.29, 0.717) is 16.8 Å². The molecule has 11 heteroatoms. The number of halogens is 6. The van der Waals surface area contributed by atoms with E-state index in [1.54, 1.807) is 18.2 Å². The van der Waals surface area contributed by atoms with Gasteiger partial charge in [0.15, 0.2) is 0 Å². The van der Waals surface area contributed by atoms with Crippen molar-refractivity contribution in [1.29, 1.82) is 0 Å². The summed E-state index contributed by atoms with van der Waals surface area (Å²) in [5.74, 6) is -2.15. The van der Waals surface area contributed by atoms with Gasteiger partial charge in [-0.05, 0) is 17.7 Å². The minimum Gasteiger partial charge on any atom is -0.449 e. The first-order valence-electron chi connectivity index (χ1n) is 9.10. The van der Waals surface area contributed by atoms with Crippen LogP contribution in [0.5, 0.6) is 0 Å². The lowest BCUT2D eigenvalue weighted by Crippen LogP contribution is -2.29. The number of esters is 1. The highest BCUT2D eigenvalue weighted by atomic mass is 19.4. The molecular formula is C21H15F6N3O2. The van der Waals surface area contributed by atoms with Gasteiger partial charge < -0.3 is 10.1 Å². The van der Waals surface area contributed by atoms with Gasteiger partial charge in [-0.2, -0.15) is 26.3 Å². The Hall–Kier alpha value is -3.63. The molecule has 0 fully saturated rings. The van der Waals surface area contributed by atoms with E-state index in [2.05, 4.69) is 20.0 Å². The second-order valence-corrected chi connectivity index (χ2v) is 6.55. The van der Waals surface area contributed by atoms with Gasteiger partial charge in [-0.15, -0.1) is 0 Å². The fourth-order valence-electron chi connectivity index (χ4n) is 2.73. The van der Waals surface area contributed by atoms with Crippen LogP contribution in [0, 0.1) is 0 Å². The summed E-state index contributed by atoms with van der Waals surface area (Å²) in [7, 11) is 0. The highest BCUT2D eigenvalue weighted by Gasteiger charge is 2.42. The van der Waals surface area contributed by atoms with Crippen molar-refractivity contribution in [1.82, 2.24) is 9.97 Å². The second kappa shape index (κ2) is 9.25. The van der Waals surface area contributed by atoms with Crippen LogP contribution in [0.2, 0.25) is 0 Å². The van der Waals surface area contributed by atoms with E-state index in [0.717, 1.165) is 18.5 Å². The molecule has 0 amide bonds. The number of rotatable bonds is 6. The zero-order valence-electron chi connectivity index (χ0n) is 16.1. The van der Waals surface area contributed by atoms with Crippen molar-refractivity contribution >= 4 is 11.8 Å². The predicted octanol–water partition coefficient (Wildman–Crippen LogP) is 5.42. The van der Waals surface area contributed by atoms with Crippen LogP contribution in [0.3, 0.4) is 0 Å². The minimum absolute atomic E-state index is 0.180. The average Bonchev–Trinajstić information content (AvgIpc) is 2.76. The molecule has 0 radical (unpaired) electrons. The van der Waals surface area contributed by atoms with E-state index in [1.165, 1.54) is 30.3 Å². The van der Waals surface area contributed by atoms with Gasteiger partial charge in [0, 0.05) is 11.6 Å². The molecule has 0 aliphatic carbocycles. The third kappa shape index (κ3) is 5.96. The van der Waals surface area contributed by atoms with Crippen LogP contribution in [0.1, 0.15) is 17.2 Å². The summed E-state index contributed by atoms with van der Waals surface area (Å²) in [6, 6.07) is 13.5. The first-order valence-corrected chi connectivity index (χ1v) is 9.10. The lowest BCUT2D eigenvalue weighted by atomic mass is 10.1. The maximum Gasteiger partial charge on any atom is 0.490 e. The lowest BCUT2D eigenvalue weighted by molar-refractivity contribution is -0.204. The van der Waals surface area contributed by atoms with Gasteiger partial charge in [0.05, 0.1) is 17.8 Å². The van der Waals surface area contributed by atoms with Crippen LogP contribution < -0.4 is 5.32 Å². The zero-order chi connectivity index (χ0) is 23.4. The molecule has 1 N–H and O–H groups in total. The predicted molar refractivity (Wildman–Crippen MR) is 102 cm³/mol.